The van der Waals surface area contributed by atoms with Gasteiger partial charge in [-0.3, -0.25) is 4.57 Å². The first kappa shape index (κ1) is 17.1. The Bertz CT molecular complexity index is 945. The SMILES string of the molecule is COc1ccc(N=Nc2sc(=S)n(-c3ccc(OC)cc3)c2O)cc1. The van der Waals surface area contributed by atoms with E-state index in [2.05, 4.69) is 10.2 Å². The van der Waals surface area contributed by atoms with Crippen molar-refractivity contribution in [2.45, 2.75) is 0 Å². The van der Waals surface area contributed by atoms with E-state index in [1.54, 1.807) is 55.2 Å². The van der Waals surface area contributed by atoms with Crippen LogP contribution in [0.4, 0.5) is 10.7 Å². The number of hydrogen-bond acceptors (Lipinski definition) is 7. The molecule has 0 saturated heterocycles. The van der Waals surface area contributed by atoms with Crippen LogP contribution in [-0.2, 0) is 0 Å². The molecule has 1 N–H and O–H groups in total. The van der Waals surface area contributed by atoms with Crippen molar-refractivity contribution in [1.82, 2.24) is 4.57 Å². The molecule has 1 aromatic heterocycles. The molecule has 25 heavy (non-hydrogen) atoms. The number of methoxy groups -OCH3 is 2. The van der Waals surface area contributed by atoms with Gasteiger partial charge in [-0.2, -0.15) is 0 Å². The molecule has 0 saturated carbocycles. The van der Waals surface area contributed by atoms with E-state index in [0.717, 1.165) is 17.2 Å². The molecular formula is C17H15N3O3S2. The van der Waals surface area contributed by atoms with Gasteiger partial charge in [-0.25, -0.2) is 0 Å². The maximum atomic E-state index is 10.5. The zero-order chi connectivity index (χ0) is 17.8. The predicted molar refractivity (Wildman–Crippen MR) is 99.9 cm³/mol. The first-order valence-corrected chi connectivity index (χ1v) is 8.50. The number of thiazole rings is 1. The average molecular weight is 373 g/mol. The minimum atomic E-state index is -0.0440. The van der Waals surface area contributed by atoms with Crippen molar-refractivity contribution in [2.24, 2.45) is 10.2 Å². The summed E-state index contributed by atoms with van der Waals surface area (Å²) in [6.07, 6.45) is 0. The molecule has 0 spiro atoms. The van der Waals surface area contributed by atoms with Gasteiger partial charge >= 0.3 is 0 Å². The normalized spacial score (nSPS) is 11.0. The van der Waals surface area contributed by atoms with Gasteiger partial charge in [0.05, 0.1) is 25.6 Å². The van der Waals surface area contributed by atoms with Crippen molar-refractivity contribution in [3.05, 3.63) is 52.5 Å². The van der Waals surface area contributed by atoms with Crippen molar-refractivity contribution in [1.29, 1.82) is 0 Å². The van der Waals surface area contributed by atoms with Crippen LogP contribution < -0.4 is 9.47 Å². The quantitative estimate of drug-likeness (QED) is 0.480. The Kier molecular flexibility index (Phi) is 5.11. The van der Waals surface area contributed by atoms with Crippen molar-refractivity contribution in [3.63, 3.8) is 0 Å². The van der Waals surface area contributed by atoms with Crippen LogP contribution in [-0.4, -0.2) is 23.9 Å². The summed E-state index contributed by atoms with van der Waals surface area (Å²) >= 11 is 6.52. The molecule has 0 unspecified atom stereocenters. The maximum absolute atomic E-state index is 10.5. The second-order valence-electron chi connectivity index (χ2n) is 4.93. The Balaban J connectivity index is 1.90. The molecule has 0 radical (unpaired) electrons. The second kappa shape index (κ2) is 7.45. The van der Waals surface area contributed by atoms with Crippen LogP contribution >= 0.6 is 23.6 Å². The van der Waals surface area contributed by atoms with Gasteiger partial charge in [0.2, 0.25) is 10.9 Å². The minimum Gasteiger partial charge on any atom is -0.497 e. The van der Waals surface area contributed by atoms with Gasteiger partial charge in [0.25, 0.3) is 0 Å². The Morgan fingerprint density at radius 3 is 2.04 bits per heavy atom. The Hall–Kier alpha value is -2.71. The predicted octanol–water partition coefficient (Wildman–Crippen LogP) is 5.41. The summed E-state index contributed by atoms with van der Waals surface area (Å²) in [5.74, 6) is 1.42. The molecule has 0 aliphatic heterocycles. The van der Waals surface area contributed by atoms with Crippen molar-refractivity contribution >= 4 is 34.2 Å². The summed E-state index contributed by atoms with van der Waals surface area (Å²) in [5, 5.41) is 19.0. The summed E-state index contributed by atoms with van der Waals surface area (Å²) in [5.41, 5.74) is 1.38. The molecule has 3 rings (SSSR count). The molecule has 0 aliphatic rings. The van der Waals surface area contributed by atoms with E-state index < -0.39 is 0 Å². The maximum Gasteiger partial charge on any atom is 0.236 e. The Morgan fingerprint density at radius 2 is 1.48 bits per heavy atom. The van der Waals surface area contributed by atoms with E-state index in [0.29, 0.717) is 14.6 Å². The van der Waals surface area contributed by atoms with Gasteiger partial charge in [-0.1, -0.05) is 11.3 Å². The summed E-state index contributed by atoms with van der Waals surface area (Å²) < 4.78 is 12.3. The number of hydrogen-bond donors (Lipinski definition) is 1. The summed E-state index contributed by atoms with van der Waals surface area (Å²) in [6.45, 7) is 0. The summed E-state index contributed by atoms with van der Waals surface area (Å²) in [7, 11) is 3.20. The van der Waals surface area contributed by atoms with E-state index in [-0.39, 0.29) is 5.88 Å². The van der Waals surface area contributed by atoms with Crippen molar-refractivity contribution in [3.8, 4) is 23.1 Å². The zero-order valence-electron chi connectivity index (χ0n) is 13.5. The third-order valence-corrected chi connectivity index (χ3v) is 4.68. The molecule has 6 nitrogen and oxygen atoms in total. The van der Waals surface area contributed by atoms with Gasteiger partial charge in [0.15, 0.2) is 3.95 Å². The lowest BCUT2D eigenvalue weighted by Gasteiger charge is -2.05. The largest absolute Gasteiger partial charge is 0.497 e. The van der Waals surface area contributed by atoms with Gasteiger partial charge < -0.3 is 14.6 Å². The van der Waals surface area contributed by atoms with Crippen LogP contribution in [0, 0.1) is 3.95 Å². The first-order chi connectivity index (χ1) is 12.1. The molecular weight excluding hydrogens is 358 g/mol. The third-order valence-electron chi connectivity index (χ3n) is 3.43. The molecule has 128 valence electrons. The van der Waals surface area contributed by atoms with Crippen LogP contribution in [0.15, 0.2) is 58.8 Å². The lowest BCUT2D eigenvalue weighted by atomic mass is 10.3. The second-order valence-corrected chi connectivity index (χ2v) is 6.55. The van der Waals surface area contributed by atoms with Crippen LogP contribution in [0.1, 0.15) is 0 Å². The van der Waals surface area contributed by atoms with Crippen molar-refractivity contribution < 1.29 is 14.6 Å². The molecule has 0 fully saturated rings. The molecule has 0 bridgehead atoms. The highest BCUT2D eigenvalue weighted by molar-refractivity contribution is 7.73. The molecule has 0 aliphatic carbocycles. The van der Waals surface area contributed by atoms with Gasteiger partial charge in [0, 0.05) is 0 Å². The smallest absolute Gasteiger partial charge is 0.236 e. The van der Waals surface area contributed by atoms with E-state index in [9.17, 15) is 5.11 Å². The molecule has 1 heterocycles. The van der Waals surface area contributed by atoms with Crippen LogP contribution in [0.3, 0.4) is 0 Å². The van der Waals surface area contributed by atoms with E-state index in [1.807, 2.05) is 12.1 Å². The Labute approximate surface area is 153 Å². The molecule has 0 amide bonds. The summed E-state index contributed by atoms with van der Waals surface area (Å²) in [4.78, 5) is 0. The number of benzene rings is 2. The highest BCUT2D eigenvalue weighted by atomic mass is 32.1. The third kappa shape index (κ3) is 3.70. The Morgan fingerprint density at radius 1 is 0.920 bits per heavy atom. The minimum absolute atomic E-state index is 0.0440. The fraction of sp³-hybridized carbons (Fsp3) is 0.118. The van der Waals surface area contributed by atoms with Crippen LogP contribution in [0.2, 0.25) is 0 Å². The van der Waals surface area contributed by atoms with Gasteiger partial charge in [-0.05, 0) is 60.7 Å². The molecule has 0 atom stereocenters. The number of nitrogens with zero attached hydrogens (tertiary/aromatic N) is 3. The number of rotatable bonds is 5. The fourth-order valence-electron chi connectivity index (χ4n) is 2.13. The van der Waals surface area contributed by atoms with E-state index in [4.69, 9.17) is 21.7 Å². The monoisotopic (exact) mass is 373 g/mol. The number of aromatic hydroxyl groups is 1. The summed E-state index contributed by atoms with van der Waals surface area (Å²) in [6, 6.07) is 14.4. The molecule has 3 aromatic rings. The molecule has 8 heteroatoms. The highest BCUT2D eigenvalue weighted by Gasteiger charge is 2.13. The standard InChI is InChI=1S/C17H15N3O3S2/c1-22-13-7-3-11(4-8-13)18-19-15-16(21)20(17(24)25-15)12-5-9-14(23-2)10-6-12/h3-10,21H,1-2H3. The number of aromatic nitrogens is 1. The van der Waals surface area contributed by atoms with E-state index >= 15 is 0 Å². The number of azo groups is 1. The molecule has 2 aromatic carbocycles. The lowest BCUT2D eigenvalue weighted by molar-refractivity contribution is 0.414. The van der Waals surface area contributed by atoms with E-state index in [1.165, 1.54) is 11.3 Å². The first-order valence-electron chi connectivity index (χ1n) is 7.27. The zero-order valence-corrected chi connectivity index (χ0v) is 15.2. The van der Waals surface area contributed by atoms with Gasteiger partial charge in [-0.15, -0.1) is 10.2 Å². The van der Waals surface area contributed by atoms with Gasteiger partial charge in [0.1, 0.15) is 11.5 Å². The van der Waals surface area contributed by atoms with Crippen molar-refractivity contribution in [2.75, 3.05) is 14.2 Å². The topological polar surface area (TPSA) is 68.3 Å². The highest BCUT2D eigenvalue weighted by Crippen LogP contribution is 2.38. The van der Waals surface area contributed by atoms with Crippen LogP contribution in [0.5, 0.6) is 17.4 Å². The average Bonchev–Trinajstić information content (AvgIpc) is 2.94. The number of ether oxygens (including phenoxy) is 2. The lowest BCUT2D eigenvalue weighted by Crippen LogP contribution is -1.92. The van der Waals surface area contributed by atoms with Crippen LogP contribution in [0.25, 0.3) is 5.69 Å². The fourth-order valence-corrected chi connectivity index (χ4v) is 3.27.